The number of hydrogen-bond donors (Lipinski definition) is 0. The van der Waals surface area contributed by atoms with Gasteiger partial charge in [0.25, 0.3) is 9.05 Å². The number of sulfone groups is 1. The zero-order valence-corrected chi connectivity index (χ0v) is 12.6. The fourth-order valence-electron chi connectivity index (χ4n) is 1.94. The number of aryl methyl sites for hydroxylation is 1. The third-order valence-electron chi connectivity index (χ3n) is 2.85. The molecule has 1 aromatic carbocycles. The van der Waals surface area contributed by atoms with Gasteiger partial charge in [0.05, 0.1) is 11.5 Å². The molecule has 8 heteroatoms. The predicted molar refractivity (Wildman–Crippen MR) is 71.9 cm³/mol. The molecule has 0 aromatic heterocycles. The Morgan fingerprint density at radius 2 is 2.05 bits per heavy atom. The van der Waals surface area contributed by atoms with Crippen molar-refractivity contribution in [3.05, 3.63) is 23.8 Å². The summed E-state index contributed by atoms with van der Waals surface area (Å²) in [4.78, 5) is -0.126. The molecule has 19 heavy (non-hydrogen) atoms. The van der Waals surface area contributed by atoms with Gasteiger partial charge in [-0.25, -0.2) is 16.8 Å². The second-order valence-corrected chi connectivity index (χ2v) is 9.29. The Balaban J connectivity index is 2.31. The van der Waals surface area contributed by atoms with Crippen molar-refractivity contribution in [1.29, 1.82) is 0 Å². The third-order valence-corrected chi connectivity index (χ3v) is 5.93. The number of hydrogen-bond acceptors (Lipinski definition) is 5. The second-order valence-electron chi connectivity index (χ2n) is 4.53. The first-order valence-corrected chi connectivity index (χ1v) is 9.73. The Morgan fingerprint density at radius 3 is 2.58 bits per heavy atom. The first-order valence-electron chi connectivity index (χ1n) is 5.60. The van der Waals surface area contributed by atoms with Crippen molar-refractivity contribution < 1.29 is 21.6 Å². The number of halogens is 1. The first kappa shape index (κ1) is 14.6. The van der Waals surface area contributed by atoms with Crippen LogP contribution in [0.4, 0.5) is 0 Å². The molecule has 1 aromatic rings. The van der Waals surface area contributed by atoms with Crippen molar-refractivity contribution in [2.75, 3.05) is 11.5 Å². The van der Waals surface area contributed by atoms with E-state index in [9.17, 15) is 16.8 Å². The fraction of sp³-hybridized carbons (Fsp3) is 0.455. The van der Waals surface area contributed by atoms with Crippen molar-refractivity contribution in [3.63, 3.8) is 0 Å². The maximum absolute atomic E-state index is 11.5. The summed E-state index contributed by atoms with van der Waals surface area (Å²) < 4.78 is 51.1. The van der Waals surface area contributed by atoms with Crippen LogP contribution >= 0.6 is 10.7 Å². The monoisotopic (exact) mass is 324 g/mol. The molecule has 1 aliphatic heterocycles. The summed E-state index contributed by atoms with van der Waals surface area (Å²) in [5.41, 5.74) is 0.727. The molecule has 2 rings (SSSR count). The van der Waals surface area contributed by atoms with Crippen LogP contribution in [0.25, 0.3) is 0 Å². The highest BCUT2D eigenvalue weighted by atomic mass is 35.7. The summed E-state index contributed by atoms with van der Waals surface area (Å²) in [6, 6.07) is 4.58. The summed E-state index contributed by atoms with van der Waals surface area (Å²) in [5.74, 6) is 0.0671. The van der Waals surface area contributed by atoms with E-state index in [1.54, 1.807) is 13.0 Å². The molecule has 0 spiro atoms. The van der Waals surface area contributed by atoms with Crippen LogP contribution in [0, 0.1) is 6.92 Å². The number of benzene rings is 1. The van der Waals surface area contributed by atoms with Gasteiger partial charge in [0, 0.05) is 10.7 Å². The van der Waals surface area contributed by atoms with Crippen LogP contribution in [0.3, 0.4) is 0 Å². The maximum Gasteiger partial charge on any atom is 0.264 e. The smallest absolute Gasteiger partial charge is 0.264 e. The SMILES string of the molecule is Cc1ccc(OC2CCS(=O)(=O)C2)c(S(=O)(=O)Cl)c1. The quantitative estimate of drug-likeness (QED) is 0.787. The fourth-order valence-corrected chi connectivity index (χ4v) is 4.57. The molecule has 1 atom stereocenters. The highest BCUT2D eigenvalue weighted by Gasteiger charge is 2.30. The van der Waals surface area contributed by atoms with Crippen LogP contribution in [0.5, 0.6) is 5.75 Å². The van der Waals surface area contributed by atoms with Gasteiger partial charge in [-0.2, -0.15) is 0 Å². The molecule has 106 valence electrons. The molecule has 0 N–H and O–H groups in total. The molecule has 1 fully saturated rings. The van der Waals surface area contributed by atoms with Gasteiger partial charge in [0.2, 0.25) is 0 Å². The lowest BCUT2D eigenvalue weighted by Gasteiger charge is -2.14. The van der Waals surface area contributed by atoms with Gasteiger partial charge in [0.1, 0.15) is 16.7 Å². The highest BCUT2D eigenvalue weighted by molar-refractivity contribution is 8.13. The van der Waals surface area contributed by atoms with Gasteiger partial charge in [-0.3, -0.25) is 0 Å². The molecule has 0 aliphatic carbocycles. The minimum absolute atomic E-state index is 0.0620. The summed E-state index contributed by atoms with van der Waals surface area (Å²) in [5, 5.41) is 0. The molecular formula is C11H13ClO5S2. The predicted octanol–water partition coefficient (Wildman–Crippen LogP) is 1.49. The Labute approximate surface area is 116 Å². The van der Waals surface area contributed by atoms with Crippen LogP contribution < -0.4 is 4.74 Å². The lowest BCUT2D eigenvalue weighted by Crippen LogP contribution is -2.18. The second kappa shape index (κ2) is 4.96. The Bertz CT molecular complexity index is 694. The summed E-state index contributed by atoms with van der Waals surface area (Å²) >= 11 is 0. The Kier molecular flexibility index (Phi) is 3.81. The van der Waals surface area contributed by atoms with Gasteiger partial charge >= 0.3 is 0 Å². The van der Waals surface area contributed by atoms with Gasteiger partial charge < -0.3 is 4.74 Å². The lowest BCUT2D eigenvalue weighted by atomic mass is 10.2. The van der Waals surface area contributed by atoms with Crippen molar-refractivity contribution in [2.45, 2.75) is 24.3 Å². The summed E-state index contributed by atoms with van der Waals surface area (Å²) in [7, 11) is -1.66. The molecule has 1 aliphatic rings. The molecule has 0 radical (unpaired) electrons. The zero-order chi connectivity index (χ0) is 14.3. The summed E-state index contributed by atoms with van der Waals surface area (Å²) in [6.07, 6.45) is -0.164. The van der Waals surface area contributed by atoms with Gasteiger partial charge in [0.15, 0.2) is 9.84 Å². The van der Waals surface area contributed by atoms with Crippen LogP contribution in [0.2, 0.25) is 0 Å². The van der Waals surface area contributed by atoms with Crippen molar-refractivity contribution in [1.82, 2.24) is 0 Å². The zero-order valence-electron chi connectivity index (χ0n) is 10.2. The Morgan fingerprint density at radius 1 is 1.37 bits per heavy atom. The van der Waals surface area contributed by atoms with E-state index in [2.05, 4.69) is 0 Å². The molecule has 0 saturated carbocycles. The lowest BCUT2D eigenvalue weighted by molar-refractivity contribution is 0.223. The molecule has 0 bridgehead atoms. The van der Waals surface area contributed by atoms with Crippen molar-refractivity contribution in [2.24, 2.45) is 0 Å². The average Bonchev–Trinajstić information content (AvgIpc) is 2.59. The van der Waals surface area contributed by atoms with Crippen molar-refractivity contribution in [3.8, 4) is 5.75 Å². The molecule has 0 amide bonds. The van der Waals surface area contributed by atoms with E-state index >= 15 is 0 Å². The van der Waals surface area contributed by atoms with Gasteiger partial charge in [-0.1, -0.05) is 6.07 Å². The minimum Gasteiger partial charge on any atom is -0.488 e. The molecular weight excluding hydrogens is 312 g/mol. The van der Waals surface area contributed by atoms with Gasteiger partial charge in [-0.15, -0.1) is 0 Å². The van der Waals surface area contributed by atoms with E-state index in [4.69, 9.17) is 15.4 Å². The third kappa shape index (κ3) is 3.61. The highest BCUT2D eigenvalue weighted by Crippen LogP contribution is 2.30. The number of ether oxygens (including phenoxy) is 1. The standard InChI is InChI=1S/C11H13ClO5S2/c1-8-2-3-10(11(6-8)19(12,15)16)17-9-4-5-18(13,14)7-9/h2-3,6,9H,4-5,7H2,1H3. The van der Waals surface area contributed by atoms with E-state index < -0.39 is 25.0 Å². The van der Waals surface area contributed by atoms with E-state index in [0.29, 0.717) is 6.42 Å². The largest absolute Gasteiger partial charge is 0.488 e. The van der Waals surface area contributed by atoms with Crippen LogP contribution in [0.15, 0.2) is 23.1 Å². The van der Waals surface area contributed by atoms with E-state index in [1.807, 2.05) is 0 Å². The van der Waals surface area contributed by atoms with Crippen LogP contribution in [0.1, 0.15) is 12.0 Å². The van der Waals surface area contributed by atoms with E-state index in [0.717, 1.165) is 5.56 Å². The van der Waals surface area contributed by atoms with Crippen LogP contribution in [-0.2, 0) is 18.9 Å². The molecule has 1 heterocycles. The Hall–Kier alpha value is -0.790. The van der Waals surface area contributed by atoms with E-state index in [-0.39, 0.29) is 22.2 Å². The normalized spacial score (nSPS) is 22.3. The summed E-state index contributed by atoms with van der Waals surface area (Å²) in [6.45, 7) is 1.73. The molecule has 5 nitrogen and oxygen atoms in total. The minimum atomic E-state index is -3.93. The number of rotatable bonds is 3. The first-order chi connectivity index (χ1) is 8.67. The molecule has 1 saturated heterocycles. The molecule has 1 unspecified atom stereocenters. The topological polar surface area (TPSA) is 77.5 Å². The van der Waals surface area contributed by atoms with Crippen LogP contribution in [-0.4, -0.2) is 34.4 Å². The van der Waals surface area contributed by atoms with E-state index in [1.165, 1.54) is 12.1 Å². The maximum atomic E-state index is 11.5. The average molecular weight is 325 g/mol. The van der Waals surface area contributed by atoms with Crippen molar-refractivity contribution >= 4 is 29.6 Å². The van der Waals surface area contributed by atoms with Gasteiger partial charge in [-0.05, 0) is 31.0 Å².